The molecule has 0 unspecified atom stereocenters. The molecular formula is C49H49NS. The molecular weight excluding hydrogens is 635 g/mol. The van der Waals surface area contributed by atoms with Crippen molar-refractivity contribution in [2.24, 2.45) is 0 Å². The Hall–Kier alpha value is -5.31. The number of allylic oxidation sites excluding steroid dienone is 4. The average Bonchev–Trinajstić information content (AvgIpc) is 3.41. The zero-order valence-corrected chi connectivity index (χ0v) is 31.7. The van der Waals surface area contributed by atoms with E-state index in [4.69, 9.17) is 0 Å². The minimum atomic E-state index is -0.0607. The quantitative estimate of drug-likeness (QED) is 0.147. The third-order valence-corrected chi connectivity index (χ3v) is 10.3. The topological polar surface area (TPSA) is 3.24 Å². The predicted molar refractivity (Wildman–Crippen MR) is 225 cm³/mol. The fourth-order valence-electron chi connectivity index (χ4n) is 6.71. The number of anilines is 3. The second-order valence-electron chi connectivity index (χ2n) is 12.8. The molecule has 1 aliphatic rings. The predicted octanol–water partition coefficient (Wildman–Crippen LogP) is 14.9. The first-order valence-electron chi connectivity index (χ1n) is 17.8. The van der Waals surface area contributed by atoms with Crippen molar-refractivity contribution in [1.29, 1.82) is 0 Å². The van der Waals surface area contributed by atoms with E-state index in [0.29, 0.717) is 0 Å². The molecule has 7 rings (SSSR count). The summed E-state index contributed by atoms with van der Waals surface area (Å²) in [4.78, 5) is 4.96. The van der Waals surface area contributed by atoms with Gasteiger partial charge in [-0.1, -0.05) is 180 Å². The lowest BCUT2D eigenvalue weighted by Crippen LogP contribution is -2.16. The van der Waals surface area contributed by atoms with Gasteiger partial charge < -0.3 is 4.90 Å². The Bertz CT molecular complexity index is 2120. The molecule has 0 amide bonds. The van der Waals surface area contributed by atoms with Crippen LogP contribution in [0.4, 0.5) is 17.1 Å². The average molecular weight is 684 g/mol. The highest BCUT2D eigenvalue weighted by Gasteiger charge is 2.37. The molecule has 0 N–H and O–H groups in total. The number of para-hydroxylation sites is 1. The lowest BCUT2D eigenvalue weighted by molar-refractivity contribution is 0.660. The van der Waals surface area contributed by atoms with Crippen molar-refractivity contribution in [3.8, 4) is 22.3 Å². The van der Waals surface area contributed by atoms with Crippen molar-refractivity contribution in [3.63, 3.8) is 0 Å². The molecule has 0 aliphatic heterocycles. The highest BCUT2D eigenvalue weighted by atomic mass is 32.2. The molecule has 0 bridgehead atoms. The Morgan fingerprint density at radius 3 is 1.82 bits per heavy atom. The molecule has 0 saturated heterocycles. The van der Waals surface area contributed by atoms with Crippen LogP contribution >= 0.6 is 11.8 Å². The lowest BCUT2D eigenvalue weighted by atomic mass is 9.82. The van der Waals surface area contributed by atoms with E-state index in [1.807, 2.05) is 38.6 Å². The number of benzene rings is 6. The van der Waals surface area contributed by atoms with E-state index < -0.39 is 0 Å². The largest absolute Gasteiger partial charge is 0.310 e. The van der Waals surface area contributed by atoms with Crippen molar-refractivity contribution >= 4 is 28.8 Å². The van der Waals surface area contributed by atoms with Crippen molar-refractivity contribution in [3.05, 3.63) is 199 Å². The fraction of sp³-hybridized carbons (Fsp3) is 0.143. The van der Waals surface area contributed by atoms with Gasteiger partial charge in [-0.3, -0.25) is 0 Å². The van der Waals surface area contributed by atoms with Crippen LogP contribution in [0.15, 0.2) is 192 Å². The van der Waals surface area contributed by atoms with Crippen LogP contribution in [-0.2, 0) is 5.41 Å². The van der Waals surface area contributed by atoms with E-state index in [9.17, 15) is 0 Å². The summed E-state index contributed by atoms with van der Waals surface area (Å²) >= 11 is 1.82. The van der Waals surface area contributed by atoms with Gasteiger partial charge in [0, 0.05) is 32.1 Å². The van der Waals surface area contributed by atoms with E-state index in [2.05, 4.69) is 184 Å². The van der Waals surface area contributed by atoms with Crippen molar-refractivity contribution in [2.75, 3.05) is 4.90 Å². The zero-order valence-electron chi connectivity index (χ0n) is 30.9. The maximum absolute atomic E-state index is 3.56. The van der Waals surface area contributed by atoms with Gasteiger partial charge in [-0.05, 0) is 89.7 Å². The van der Waals surface area contributed by atoms with Crippen LogP contribution < -0.4 is 4.90 Å². The number of hydrogen-bond donors (Lipinski definition) is 0. The van der Waals surface area contributed by atoms with Gasteiger partial charge in [-0.15, -0.1) is 0 Å². The molecule has 1 aliphatic carbocycles. The van der Waals surface area contributed by atoms with E-state index >= 15 is 0 Å². The summed E-state index contributed by atoms with van der Waals surface area (Å²) in [7, 11) is 0. The number of rotatable bonds is 8. The molecule has 256 valence electrons. The standard InChI is InChI=1S/C40H33NS.C7H10.C2H6/c1-28-31(32-20-11-13-27-38(32)42-30-18-8-5-9-19-30)22-14-25-36(28)41(29-16-6-4-7-17-29)37-26-15-24-35-39(37)33-21-10-12-23-34(33)40(35,2)3;1-4-6-7(3)5-2;1-2/h4-27H,1-3H3;4-6H,1-2H2,3H3;1-2H3/b;7-6-;. The Balaban J connectivity index is 0.000000503. The highest BCUT2D eigenvalue weighted by Crippen LogP contribution is 2.54. The molecule has 0 heterocycles. The highest BCUT2D eigenvalue weighted by molar-refractivity contribution is 7.99. The van der Waals surface area contributed by atoms with E-state index in [0.717, 1.165) is 11.3 Å². The van der Waals surface area contributed by atoms with E-state index in [1.54, 1.807) is 12.2 Å². The summed E-state index contributed by atoms with van der Waals surface area (Å²) < 4.78 is 0. The smallest absolute Gasteiger partial charge is 0.0543 e. The fourth-order valence-corrected chi connectivity index (χ4v) is 7.69. The Labute approximate surface area is 310 Å². The summed E-state index contributed by atoms with van der Waals surface area (Å²) in [6.07, 6.45) is 5.45. The first-order chi connectivity index (χ1) is 24.8. The molecule has 6 aromatic rings. The van der Waals surface area contributed by atoms with Crippen molar-refractivity contribution in [2.45, 2.75) is 56.7 Å². The minimum Gasteiger partial charge on any atom is -0.310 e. The number of nitrogens with zero attached hydrogens (tertiary/aromatic N) is 1. The lowest BCUT2D eigenvalue weighted by Gasteiger charge is -2.30. The van der Waals surface area contributed by atoms with Gasteiger partial charge in [0.25, 0.3) is 0 Å². The van der Waals surface area contributed by atoms with Crippen LogP contribution in [0.1, 0.15) is 51.3 Å². The van der Waals surface area contributed by atoms with Gasteiger partial charge in [0.1, 0.15) is 0 Å². The maximum Gasteiger partial charge on any atom is 0.0543 e. The van der Waals surface area contributed by atoms with E-state index in [1.165, 1.54) is 60.1 Å². The Kier molecular flexibility index (Phi) is 12.4. The summed E-state index contributed by atoms with van der Waals surface area (Å²) in [5.74, 6) is 0. The summed E-state index contributed by atoms with van der Waals surface area (Å²) in [6, 6.07) is 52.7. The van der Waals surface area contributed by atoms with Crippen LogP contribution in [0.3, 0.4) is 0 Å². The van der Waals surface area contributed by atoms with Gasteiger partial charge in [-0.2, -0.15) is 0 Å². The van der Waals surface area contributed by atoms with Crippen LogP contribution in [0.25, 0.3) is 22.3 Å². The first-order valence-corrected chi connectivity index (χ1v) is 18.6. The van der Waals surface area contributed by atoms with Crippen molar-refractivity contribution < 1.29 is 0 Å². The molecule has 2 heteroatoms. The van der Waals surface area contributed by atoms with Gasteiger partial charge in [0.05, 0.1) is 5.69 Å². The summed E-state index contributed by atoms with van der Waals surface area (Å²) in [5, 5.41) is 0. The van der Waals surface area contributed by atoms with E-state index in [-0.39, 0.29) is 5.41 Å². The second kappa shape index (κ2) is 17.1. The molecule has 1 nitrogen and oxygen atoms in total. The van der Waals surface area contributed by atoms with Crippen LogP contribution in [0.2, 0.25) is 0 Å². The van der Waals surface area contributed by atoms with Gasteiger partial charge in [-0.25, -0.2) is 0 Å². The minimum absolute atomic E-state index is 0.0607. The third-order valence-electron chi connectivity index (χ3n) is 9.24. The third kappa shape index (κ3) is 7.88. The van der Waals surface area contributed by atoms with Gasteiger partial charge in [0.2, 0.25) is 0 Å². The Morgan fingerprint density at radius 1 is 0.608 bits per heavy atom. The van der Waals surface area contributed by atoms with Gasteiger partial charge in [0.15, 0.2) is 0 Å². The van der Waals surface area contributed by atoms with Crippen LogP contribution in [0, 0.1) is 6.92 Å². The van der Waals surface area contributed by atoms with Crippen LogP contribution in [-0.4, -0.2) is 0 Å². The molecule has 51 heavy (non-hydrogen) atoms. The Morgan fingerprint density at radius 2 is 1.16 bits per heavy atom. The summed E-state index contributed by atoms with van der Waals surface area (Å²) in [5.41, 5.74) is 13.8. The SMILES string of the molecule is C=C/C=C(/C)C=C.CC.Cc1c(-c2ccccc2Sc2ccccc2)cccc1N(c1ccccc1)c1cccc2c1-c1ccccc1C2(C)C. The van der Waals surface area contributed by atoms with Crippen LogP contribution in [0.5, 0.6) is 0 Å². The molecule has 6 aromatic carbocycles. The molecule has 0 spiro atoms. The number of hydrogen-bond acceptors (Lipinski definition) is 2. The second-order valence-corrected chi connectivity index (χ2v) is 13.9. The number of fused-ring (bicyclic) bond motifs is 3. The molecule has 0 atom stereocenters. The normalized spacial score (nSPS) is 12.2. The van der Waals surface area contributed by atoms with Gasteiger partial charge >= 0.3 is 0 Å². The molecule has 0 fully saturated rings. The maximum atomic E-state index is 3.56. The molecule has 0 aromatic heterocycles. The molecule has 0 saturated carbocycles. The first kappa shape index (κ1) is 37.0. The monoisotopic (exact) mass is 683 g/mol. The summed E-state index contributed by atoms with van der Waals surface area (Å²) in [6.45, 7) is 20.0. The molecule has 0 radical (unpaired) electrons. The van der Waals surface area contributed by atoms with Crippen molar-refractivity contribution in [1.82, 2.24) is 0 Å². The zero-order chi connectivity index (χ0) is 36.4.